The molecule has 1 aliphatic carbocycles. The third-order valence-corrected chi connectivity index (χ3v) is 4.56. The van der Waals surface area contributed by atoms with Gasteiger partial charge in [0.05, 0.1) is 6.61 Å². The van der Waals surface area contributed by atoms with E-state index in [-0.39, 0.29) is 30.1 Å². The van der Waals surface area contributed by atoms with Crippen molar-refractivity contribution in [2.45, 2.75) is 52.0 Å². The highest BCUT2D eigenvalue weighted by Crippen LogP contribution is 2.40. The normalized spacial score (nSPS) is 21.5. The number of carbonyl (C=O) groups excluding carboxylic acids is 1. The quantitative estimate of drug-likeness (QED) is 0.413. The fourth-order valence-electron chi connectivity index (χ4n) is 2.89. The first-order valence-corrected chi connectivity index (χ1v) is 8.00. The van der Waals surface area contributed by atoms with Crippen LogP contribution in [0.5, 0.6) is 0 Å². The molecule has 1 amide bonds. The Balaban J connectivity index is 0.00000242. The number of nitrogens with one attached hydrogen (secondary N) is 1. The van der Waals surface area contributed by atoms with Gasteiger partial charge < -0.3 is 20.7 Å². The maximum absolute atomic E-state index is 11.6. The van der Waals surface area contributed by atoms with Crippen LogP contribution in [-0.2, 0) is 4.74 Å². The van der Waals surface area contributed by atoms with Gasteiger partial charge in [-0.05, 0) is 38.0 Å². The number of likely N-dealkylation sites (tertiary alicyclic amines) is 1. The summed E-state index contributed by atoms with van der Waals surface area (Å²) >= 11 is 0. The summed E-state index contributed by atoms with van der Waals surface area (Å²) in [6, 6.07) is 0.300. The molecule has 1 aliphatic heterocycles. The van der Waals surface area contributed by atoms with Crippen LogP contribution in [0.15, 0.2) is 4.99 Å². The monoisotopic (exact) mass is 424 g/mol. The van der Waals surface area contributed by atoms with Crippen molar-refractivity contribution in [2.24, 2.45) is 16.1 Å². The number of carbonyl (C=O) groups is 1. The average Bonchev–Trinajstić information content (AvgIpc) is 2.44. The molecule has 0 radical (unpaired) electrons. The zero-order chi connectivity index (χ0) is 15.3. The minimum absolute atomic E-state index is 0. The Bertz CT molecular complexity index is 391. The van der Waals surface area contributed by atoms with Crippen molar-refractivity contribution in [1.29, 1.82) is 0 Å². The van der Waals surface area contributed by atoms with Crippen LogP contribution in [0.4, 0.5) is 4.79 Å². The zero-order valence-corrected chi connectivity index (χ0v) is 16.0. The molecule has 2 rings (SSSR count). The summed E-state index contributed by atoms with van der Waals surface area (Å²) in [5, 5.41) is 3.28. The molecule has 1 saturated heterocycles. The van der Waals surface area contributed by atoms with Gasteiger partial charge in [-0.2, -0.15) is 0 Å². The minimum atomic E-state index is -0.213. The predicted molar refractivity (Wildman–Crippen MR) is 98.6 cm³/mol. The maximum atomic E-state index is 11.6. The molecule has 2 aliphatic rings. The molecule has 1 heterocycles. The highest BCUT2D eigenvalue weighted by Gasteiger charge is 2.31. The molecule has 0 aromatic heterocycles. The van der Waals surface area contributed by atoms with Crippen molar-refractivity contribution in [3.63, 3.8) is 0 Å². The smallest absolute Gasteiger partial charge is 0.409 e. The molecular weight excluding hydrogens is 395 g/mol. The predicted octanol–water partition coefficient (Wildman–Crippen LogP) is 2.32. The summed E-state index contributed by atoms with van der Waals surface area (Å²) in [6.07, 6.45) is 5.36. The summed E-state index contributed by atoms with van der Waals surface area (Å²) in [5.41, 5.74) is 6.33. The summed E-state index contributed by atoms with van der Waals surface area (Å²) in [4.78, 5) is 17.8. The summed E-state index contributed by atoms with van der Waals surface area (Å²) < 4.78 is 5.01. The Morgan fingerprint density at radius 3 is 2.55 bits per heavy atom. The van der Waals surface area contributed by atoms with E-state index in [4.69, 9.17) is 10.5 Å². The number of nitrogens with two attached hydrogens (primary N) is 1. The largest absolute Gasteiger partial charge is 0.450 e. The Morgan fingerprint density at radius 1 is 1.41 bits per heavy atom. The Hall–Kier alpha value is -0.730. The van der Waals surface area contributed by atoms with Crippen molar-refractivity contribution < 1.29 is 9.53 Å². The molecule has 2 fully saturated rings. The number of piperidine rings is 1. The number of ether oxygens (including phenoxy) is 1. The summed E-state index contributed by atoms with van der Waals surface area (Å²) in [7, 11) is 0. The number of guanidine groups is 1. The van der Waals surface area contributed by atoms with E-state index in [1.165, 1.54) is 19.3 Å². The lowest BCUT2D eigenvalue weighted by Gasteiger charge is -2.37. The molecule has 128 valence electrons. The fraction of sp³-hybridized carbons (Fsp3) is 0.867. The van der Waals surface area contributed by atoms with E-state index < -0.39 is 0 Å². The van der Waals surface area contributed by atoms with Gasteiger partial charge in [0.1, 0.15) is 0 Å². The molecule has 7 heteroatoms. The fourth-order valence-corrected chi connectivity index (χ4v) is 2.89. The average molecular weight is 424 g/mol. The molecule has 22 heavy (non-hydrogen) atoms. The molecule has 0 aromatic carbocycles. The lowest BCUT2D eigenvalue weighted by Crippen LogP contribution is -2.48. The molecule has 0 bridgehead atoms. The van der Waals surface area contributed by atoms with Crippen molar-refractivity contribution in [3.8, 4) is 0 Å². The number of halogens is 1. The first-order valence-electron chi connectivity index (χ1n) is 8.00. The summed E-state index contributed by atoms with van der Waals surface area (Å²) in [6.45, 7) is 6.75. The van der Waals surface area contributed by atoms with E-state index in [9.17, 15) is 4.79 Å². The van der Waals surface area contributed by atoms with Crippen molar-refractivity contribution >= 4 is 36.0 Å². The van der Waals surface area contributed by atoms with E-state index in [1.807, 2.05) is 6.92 Å². The second-order valence-electron chi connectivity index (χ2n) is 6.47. The van der Waals surface area contributed by atoms with E-state index in [0.717, 1.165) is 19.4 Å². The molecule has 0 atom stereocenters. The molecule has 0 spiro atoms. The maximum Gasteiger partial charge on any atom is 0.409 e. The van der Waals surface area contributed by atoms with Gasteiger partial charge in [0.25, 0.3) is 0 Å². The van der Waals surface area contributed by atoms with Crippen LogP contribution in [-0.4, -0.2) is 49.2 Å². The number of nitrogens with zero attached hydrogens (tertiary/aromatic N) is 2. The molecular formula is C15H29IN4O2. The standard InChI is InChI=1S/C15H28N4O2.HI/c1-3-21-14(20)19-9-5-12(6-10-19)18-13(16)17-11-15(2)7-4-8-15;/h12H,3-11H2,1-2H3,(H3,16,17,18);1H. The van der Waals surface area contributed by atoms with Gasteiger partial charge in [-0.15, -0.1) is 24.0 Å². The molecule has 1 saturated carbocycles. The van der Waals surface area contributed by atoms with E-state index in [0.29, 0.717) is 37.1 Å². The van der Waals surface area contributed by atoms with E-state index >= 15 is 0 Å². The van der Waals surface area contributed by atoms with Crippen molar-refractivity contribution in [1.82, 2.24) is 10.2 Å². The van der Waals surface area contributed by atoms with Crippen LogP contribution >= 0.6 is 24.0 Å². The van der Waals surface area contributed by atoms with Crippen LogP contribution in [0.25, 0.3) is 0 Å². The van der Waals surface area contributed by atoms with Crippen molar-refractivity contribution in [2.75, 3.05) is 26.2 Å². The first-order chi connectivity index (χ1) is 10.0. The highest BCUT2D eigenvalue weighted by atomic mass is 127. The topological polar surface area (TPSA) is 80.0 Å². The molecule has 0 aromatic rings. The first kappa shape index (κ1) is 19.3. The van der Waals surface area contributed by atoms with Crippen LogP contribution in [0.3, 0.4) is 0 Å². The van der Waals surface area contributed by atoms with Gasteiger partial charge in [0.15, 0.2) is 5.96 Å². The number of aliphatic imine (C=N–C) groups is 1. The summed E-state index contributed by atoms with van der Waals surface area (Å²) in [5.74, 6) is 0.540. The Kier molecular flexibility index (Phi) is 7.71. The van der Waals surface area contributed by atoms with Crippen LogP contribution in [0.2, 0.25) is 0 Å². The lowest BCUT2D eigenvalue weighted by molar-refractivity contribution is 0.0963. The lowest BCUT2D eigenvalue weighted by atomic mass is 9.71. The number of hydrogen-bond donors (Lipinski definition) is 2. The second kappa shape index (κ2) is 8.79. The third kappa shape index (κ3) is 5.48. The van der Waals surface area contributed by atoms with Gasteiger partial charge in [0, 0.05) is 25.7 Å². The highest BCUT2D eigenvalue weighted by molar-refractivity contribution is 14.0. The van der Waals surface area contributed by atoms with Gasteiger partial charge in [-0.3, -0.25) is 4.99 Å². The third-order valence-electron chi connectivity index (χ3n) is 4.56. The SMILES string of the molecule is CCOC(=O)N1CCC(NC(N)=NCC2(C)CCC2)CC1.I. The molecule has 3 N–H and O–H groups in total. The van der Waals surface area contributed by atoms with Gasteiger partial charge >= 0.3 is 6.09 Å². The molecule has 6 nitrogen and oxygen atoms in total. The number of hydrogen-bond acceptors (Lipinski definition) is 3. The Morgan fingerprint density at radius 2 is 2.05 bits per heavy atom. The van der Waals surface area contributed by atoms with Crippen LogP contribution in [0.1, 0.15) is 46.0 Å². The molecule has 0 unspecified atom stereocenters. The van der Waals surface area contributed by atoms with Crippen molar-refractivity contribution in [3.05, 3.63) is 0 Å². The van der Waals surface area contributed by atoms with Gasteiger partial charge in [-0.1, -0.05) is 13.3 Å². The van der Waals surface area contributed by atoms with Gasteiger partial charge in [0.2, 0.25) is 0 Å². The van der Waals surface area contributed by atoms with Gasteiger partial charge in [-0.25, -0.2) is 4.79 Å². The van der Waals surface area contributed by atoms with E-state index in [1.54, 1.807) is 4.90 Å². The minimum Gasteiger partial charge on any atom is -0.450 e. The number of amides is 1. The van der Waals surface area contributed by atoms with Crippen LogP contribution < -0.4 is 11.1 Å². The zero-order valence-electron chi connectivity index (χ0n) is 13.6. The second-order valence-corrected chi connectivity index (χ2v) is 6.47. The van der Waals surface area contributed by atoms with Crippen LogP contribution in [0, 0.1) is 5.41 Å². The Labute approximate surface area is 150 Å². The van der Waals surface area contributed by atoms with E-state index in [2.05, 4.69) is 17.2 Å². The number of rotatable bonds is 4.